The van der Waals surface area contributed by atoms with Crippen LogP contribution < -0.4 is 14.8 Å². The maximum atomic E-state index is 13.9. The topological polar surface area (TPSA) is 77.1 Å². The second-order valence-corrected chi connectivity index (χ2v) is 9.34. The SMILES string of the molecule is CCOCCCNC(=O)C(c1ccc(Cl)cc1)N(Cc1cccs1)C(=O)c1ccc2c(c1)OCO2. The smallest absolute Gasteiger partial charge is 0.255 e. The zero-order chi connectivity index (χ0) is 24.6. The van der Waals surface area contributed by atoms with E-state index in [1.165, 1.54) is 11.3 Å². The molecular weight excluding hydrogens is 488 g/mol. The molecule has 35 heavy (non-hydrogen) atoms. The number of nitrogens with zero attached hydrogens (tertiary/aromatic N) is 1. The van der Waals surface area contributed by atoms with Gasteiger partial charge in [-0.15, -0.1) is 11.3 Å². The number of carbonyl (C=O) groups excluding carboxylic acids is 2. The Morgan fingerprint density at radius 3 is 2.69 bits per heavy atom. The van der Waals surface area contributed by atoms with Gasteiger partial charge in [0, 0.05) is 35.2 Å². The first-order chi connectivity index (χ1) is 17.1. The fraction of sp³-hybridized carbons (Fsp3) is 0.308. The molecular formula is C26H27ClN2O5S. The molecule has 1 N–H and O–H groups in total. The van der Waals surface area contributed by atoms with E-state index in [2.05, 4.69) is 5.32 Å². The molecule has 2 aromatic carbocycles. The molecule has 1 aliphatic heterocycles. The van der Waals surface area contributed by atoms with Crippen LogP contribution in [-0.2, 0) is 16.1 Å². The van der Waals surface area contributed by atoms with Gasteiger partial charge in [0.25, 0.3) is 5.91 Å². The highest BCUT2D eigenvalue weighted by Crippen LogP contribution is 2.34. The zero-order valence-corrected chi connectivity index (χ0v) is 20.9. The van der Waals surface area contributed by atoms with Crippen molar-refractivity contribution >= 4 is 34.8 Å². The third-order valence-electron chi connectivity index (χ3n) is 5.50. The molecule has 4 rings (SSSR count). The predicted molar refractivity (Wildman–Crippen MR) is 135 cm³/mol. The molecule has 0 bridgehead atoms. The average Bonchev–Trinajstić information content (AvgIpc) is 3.55. The maximum Gasteiger partial charge on any atom is 0.255 e. The van der Waals surface area contributed by atoms with Gasteiger partial charge >= 0.3 is 0 Å². The predicted octanol–water partition coefficient (Wildman–Crippen LogP) is 5.06. The molecule has 2 amide bonds. The number of carbonyl (C=O) groups is 2. The van der Waals surface area contributed by atoms with Crippen molar-refractivity contribution < 1.29 is 23.8 Å². The number of rotatable bonds is 11. The van der Waals surface area contributed by atoms with Gasteiger partial charge in [-0.05, 0) is 60.7 Å². The monoisotopic (exact) mass is 514 g/mol. The molecule has 0 aliphatic carbocycles. The minimum Gasteiger partial charge on any atom is -0.454 e. The van der Waals surface area contributed by atoms with Crippen molar-refractivity contribution in [3.05, 3.63) is 81.0 Å². The Morgan fingerprint density at radius 1 is 1.14 bits per heavy atom. The Balaban J connectivity index is 1.66. The van der Waals surface area contributed by atoms with Crippen LogP contribution in [0.25, 0.3) is 0 Å². The molecule has 1 atom stereocenters. The van der Waals surface area contributed by atoms with Crippen LogP contribution in [0.3, 0.4) is 0 Å². The first-order valence-electron chi connectivity index (χ1n) is 11.4. The fourth-order valence-electron chi connectivity index (χ4n) is 3.79. The molecule has 1 aromatic heterocycles. The number of halogens is 1. The minimum atomic E-state index is -0.862. The molecule has 2 heterocycles. The zero-order valence-electron chi connectivity index (χ0n) is 19.4. The Morgan fingerprint density at radius 2 is 1.94 bits per heavy atom. The van der Waals surface area contributed by atoms with Crippen molar-refractivity contribution in [2.45, 2.75) is 25.9 Å². The van der Waals surface area contributed by atoms with Gasteiger partial charge in [0.2, 0.25) is 12.7 Å². The van der Waals surface area contributed by atoms with Crippen LogP contribution in [0.15, 0.2) is 60.0 Å². The molecule has 0 saturated heterocycles. The van der Waals surface area contributed by atoms with Gasteiger partial charge in [-0.1, -0.05) is 29.8 Å². The number of thiophene rings is 1. The van der Waals surface area contributed by atoms with E-state index in [9.17, 15) is 9.59 Å². The van der Waals surface area contributed by atoms with E-state index >= 15 is 0 Å². The average molecular weight is 515 g/mol. The van der Waals surface area contributed by atoms with E-state index < -0.39 is 6.04 Å². The molecule has 0 fully saturated rings. The van der Waals surface area contributed by atoms with Crippen LogP contribution in [0.4, 0.5) is 0 Å². The van der Waals surface area contributed by atoms with Gasteiger partial charge in [-0.3, -0.25) is 9.59 Å². The third-order valence-corrected chi connectivity index (χ3v) is 6.61. The molecule has 0 radical (unpaired) electrons. The van der Waals surface area contributed by atoms with Crippen molar-refractivity contribution in [2.75, 3.05) is 26.6 Å². The first kappa shape index (κ1) is 25.0. The second kappa shape index (κ2) is 12.1. The summed E-state index contributed by atoms with van der Waals surface area (Å²) in [5, 5.41) is 5.48. The number of fused-ring (bicyclic) bond motifs is 1. The number of hydrogen-bond acceptors (Lipinski definition) is 6. The highest BCUT2D eigenvalue weighted by Gasteiger charge is 2.33. The molecule has 0 saturated carbocycles. The number of hydrogen-bond donors (Lipinski definition) is 1. The normalized spacial score (nSPS) is 12.9. The summed E-state index contributed by atoms with van der Waals surface area (Å²) in [6.45, 7) is 3.93. The lowest BCUT2D eigenvalue weighted by atomic mass is 10.0. The maximum absolute atomic E-state index is 13.9. The van der Waals surface area contributed by atoms with Crippen molar-refractivity contribution in [3.63, 3.8) is 0 Å². The summed E-state index contributed by atoms with van der Waals surface area (Å²) in [4.78, 5) is 30.0. The Labute approximate surface area is 213 Å². The summed E-state index contributed by atoms with van der Waals surface area (Å²) < 4.78 is 16.2. The highest BCUT2D eigenvalue weighted by atomic mass is 35.5. The fourth-order valence-corrected chi connectivity index (χ4v) is 4.62. The van der Waals surface area contributed by atoms with E-state index in [1.54, 1.807) is 47.4 Å². The molecule has 7 nitrogen and oxygen atoms in total. The van der Waals surface area contributed by atoms with Crippen LogP contribution in [-0.4, -0.2) is 43.3 Å². The summed E-state index contributed by atoms with van der Waals surface area (Å²) in [5.74, 6) is 0.540. The van der Waals surface area contributed by atoms with E-state index in [-0.39, 0.29) is 25.2 Å². The lowest BCUT2D eigenvalue weighted by molar-refractivity contribution is -0.126. The highest BCUT2D eigenvalue weighted by molar-refractivity contribution is 7.09. The Kier molecular flexibility index (Phi) is 8.63. The van der Waals surface area contributed by atoms with Gasteiger partial charge in [-0.25, -0.2) is 0 Å². The summed E-state index contributed by atoms with van der Waals surface area (Å²) in [6, 6.07) is 15.1. The summed E-state index contributed by atoms with van der Waals surface area (Å²) in [7, 11) is 0. The molecule has 9 heteroatoms. The lowest BCUT2D eigenvalue weighted by Gasteiger charge is -2.31. The van der Waals surface area contributed by atoms with Crippen LogP contribution in [0.5, 0.6) is 11.5 Å². The summed E-state index contributed by atoms with van der Waals surface area (Å²) >= 11 is 7.65. The van der Waals surface area contributed by atoms with Crippen LogP contribution in [0, 0.1) is 0 Å². The van der Waals surface area contributed by atoms with Gasteiger partial charge in [0.15, 0.2) is 11.5 Å². The number of benzene rings is 2. The Hall–Kier alpha value is -3.07. The third kappa shape index (κ3) is 6.33. The minimum absolute atomic E-state index is 0.115. The first-order valence-corrected chi connectivity index (χ1v) is 12.7. The van der Waals surface area contributed by atoms with E-state index in [0.717, 1.165) is 4.88 Å². The van der Waals surface area contributed by atoms with Crippen molar-refractivity contribution in [3.8, 4) is 11.5 Å². The molecule has 3 aromatic rings. The van der Waals surface area contributed by atoms with Gasteiger partial charge in [0.1, 0.15) is 6.04 Å². The van der Waals surface area contributed by atoms with E-state index in [0.29, 0.717) is 53.8 Å². The van der Waals surface area contributed by atoms with Crippen LogP contribution in [0.2, 0.25) is 5.02 Å². The number of nitrogens with one attached hydrogen (secondary N) is 1. The standard InChI is InChI=1S/C26H27ClN2O5S/c1-2-32-13-4-12-28-25(30)24(18-6-9-20(27)10-7-18)29(16-21-5-3-14-35-21)26(31)19-8-11-22-23(15-19)34-17-33-22/h3,5-11,14-15,24H,2,4,12-13,16-17H2,1H3,(H,28,30). The lowest BCUT2D eigenvalue weighted by Crippen LogP contribution is -2.43. The second-order valence-electron chi connectivity index (χ2n) is 7.88. The molecule has 184 valence electrons. The summed E-state index contributed by atoms with van der Waals surface area (Å²) in [5.41, 5.74) is 1.08. The van der Waals surface area contributed by atoms with Crippen molar-refractivity contribution in [2.24, 2.45) is 0 Å². The van der Waals surface area contributed by atoms with Crippen LogP contribution in [0.1, 0.15) is 40.2 Å². The van der Waals surface area contributed by atoms with Gasteiger partial charge in [-0.2, -0.15) is 0 Å². The Bertz CT molecular complexity index is 1140. The summed E-state index contributed by atoms with van der Waals surface area (Å²) in [6.07, 6.45) is 0.675. The van der Waals surface area contributed by atoms with Gasteiger partial charge in [0.05, 0.1) is 6.54 Å². The van der Waals surface area contributed by atoms with E-state index in [1.807, 2.05) is 24.4 Å². The quantitative estimate of drug-likeness (QED) is 0.362. The molecule has 0 spiro atoms. The van der Waals surface area contributed by atoms with E-state index in [4.69, 9.17) is 25.8 Å². The number of amides is 2. The van der Waals surface area contributed by atoms with Crippen molar-refractivity contribution in [1.82, 2.24) is 10.2 Å². The van der Waals surface area contributed by atoms with Gasteiger partial charge < -0.3 is 24.4 Å². The number of ether oxygens (including phenoxy) is 3. The molecule has 1 unspecified atom stereocenters. The molecule has 1 aliphatic rings. The largest absolute Gasteiger partial charge is 0.454 e. The van der Waals surface area contributed by atoms with Crippen molar-refractivity contribution in [1.29, 1.82) is 0 Å². The van der Waals surface area contributed by atoms with Crippen LogP contribution >= 0.6 is 22.9 Å².